The molecule has 0 saturated heterocycles. The van der Waals surface area contributed by atoms with Gasteiger partial charge in [0.05, 0.1) is 11.4 Å². The molecular formula is C19H22N4O. The third-order valence-corrected chi connectivity index (χ3v) is 4.38. The fraction of sp³-hybridized carbons (Fsp3) is 0.211. The molecular weight excluding hydrogens is 300 g/mol. The molecule has 0 unspecified atom stereocenters. The van der Waals surface area contributed by atoms with Crippen molar-refractivity contribution in [3.63, 3.8) is 0 Å². The van der Waals surface area contributed by atoms with Gasteiger partial charge in [0.15, 0.2) is 0 Å². The summed E-state index contributed by atoms with van der Waals surface area (Å²) >= 11 is 0. The SMILES string of the molecule is CNc1ncc2c(n1)CC=C2c1cccc(-c2c(C)noc2C)c1.[HH].[HH]. The zero-order valence-electron chi connectivity index (χ0n) is 13.9. The van der Waals surface area contributed by atoms with Crippen LogP contribution in [0.2, 0.25) is 0 Å². The van der Waals surface area contributed by atoms with E-state index in [1.54, 1.807) is 0 Å². The lowest BCUT2D eigenvalue weighted by Gasteiger charge is -2.09. The predicted octanol–water partition coefficient (Wildman–Crippen LogP) is 4.27. The largest absolute Gasteiger partial charge is 0.361 e. The van der Waals surface area contributed by atoms with Crippen molar-refractivity contribution in [2.45, 2.75) is 20.3 Å². The molecule has 2 aromatic heterocycles. The summed E-state index contributed by atoms with van der Waals surface area (Å²) in [5.41, 5.74) is 7.60. The lowest BCUT2D eigenvalue weighted by molar-refractivity contribution is 0.393. The van der Waals surface area contributed by atoms with E-state index in [1.165, 1.54) is 5.57 Å². The lowest BCUT2D eigenvalue weighted by atomic mass is 9.96. The number of anilines is 1. The smallest absolute Gasteiger partial charge is 0.222 e. The molecule has 0 amide bonds. The maximum Gasteiger partial charge on any atom is 0.222 e. The van der Waals surface area contributed by atoms with Gasteiger partial charge in [-0.3, -0.25) is 0 Å². The number of fused-ring (bicyclic) bond motifs is 1. The molecule has 5 nitrogen and oxygen atoms in total. The second-order valence-electron chi connectivity index (χ2n) is 5.91. The van der Waals surface area contributed by atoms with Gasteiger partial charge in [-0.2, -0.15) is 0 Å². The first-order chi connectivity index (χ1) is 11.7. The molecule has 4 rings (SSSR count). The van der Waals surface area contributed by atoms with Crippen molar-refractivity contribution in [1.29, 1.82) is 0 Å². The van der Waals surface area contributed by atoms with Gasteiger partial charge in [-0.15, -0.1) is 0 Å². The van der Waals surface area contributed by atoms with E-state index >= 15 is 0 Å². The molecule has 24 heavy (non-hydrogen) atoms. The summed E-state index contributed by atoms with van der Waals surface area (Å²) in [4.78, 5) is 8.91. The Balaban J connectivity index is 0.00000121. The van der Waals surface area contributed by atoms with E-state index in [9.17, 15) is 0 Å². The molecule has 0 radical (unpaired) electrons. The Hall–Kier alpha value is -2.95. The van der Waals surface area contributed by atoms with Crippen LogP contribution < -0.4 is 5.32 Å². The van der Waals surface area contributed by atoms with Gasteiger partial charge < -0.3 is 9.84 Å². The minimum Gasteiger partial charge on any atom is -0.361 e. The van der Waals surface area contributed by atoms with Crippen LogP contribution in [0.1, 0.15) is 31.1 Å². The first-order valence-corrected chi connectivity index (χ1v) is 7.95. The molecule has 3 aromatic rings. The molecule has 0 fully saturated rings. The highest BCUT2D eigenvalue weighted by Gasteiger charge is 2.19. The van der Waals surface area contributed by atoms with Crippen LogP contribution in [-0.4, -0.2) is 22.2 Å². The first-order valence-electron chi connectivity index (χ1n) is 7.95. The Labute approximate surface area is 143 Å². The molecule has 124 valence electrons. The van der Waals surface area contributed by atoms with Crippen LogP contribution in [0.25, 0.3) is 16.7 Å². The lowest BCUT2D eigenvalue weighted by Crippen LogP contribution is -2.00. The molecule has 1 aliphatic carbocycles. The maximum absolute atomic E-state index is 5.31. The second-order valence-corrected chi connectivity index (χ2v) is 5.91. The van der Waals surface area contributed by atoms with Gasteiger partial charge >= 0.3 is 0 Å². The van der Waals surface area contributed by atoms with Crippen LogP contribution in [0.15, 0.2) is 41.1 Å². The summed E-state index contributed by atoms with van der Waals surface area (Å²) in [6.07, 6.45) is 4.94. The molecule has 0 bridgehead atoms. The fourth-order valence-electron chi connectivity index (χ4n) is 3.24. The van der Waals surface area contributed by atoms with E-state index in [2.05, 4.69) is 50.8 Å². The molecule has 2 heterocycles. The predicted molar refractivity (Wildman–Crippen MR) is 98.0 cm³/mol. The van der Waals surface area contributed by atoms with E-state index in [1.807, 2.05) is 27.1 Å². The number of rotatable bonds is 3. The number of hydrogen-bond donors (Lipinski definition) is 1. The van der Waals surface area contributed by atoms with Gasteiger partial charge in [0.1, 0.15) is 5.76 Å². The highest BCUT2D eigenvalue weighted by Crippen LogP contribution is 2.35. The van der Waals surface area contributed by atoms with E-state index in [0.29, 0.717) is 5.95 Å². The van der Waals surface area contributed by atoms with Crippen molar-refractivity contribution in [3.05, 3.63) is 64.8 Å². The van der Waals surface area contributed by atoms with Crippen LogP contribution >= 0.6 is 0 Å². The topological polar surface area (TPSA) is 63.8 Å². The summed E-state index contributed by atoms with van der Waals surface area (Å²) in [6, 6.07) is 8.46. The van der Waals surface area contributed by atoms with Crippen LogP contribution in [0, 0.1) is 13.8 Å². The summed E-state index contributed by atoms with van der Waals surface area (Å²) in [7, 11) is 1.83. The molecule has 1 aliphatic rings. The van der Waals surface area contributed by atoms with Crippen LogP contribution in [0.4, 0.5) is 5.95 Å². The second kappa shape index (κ2) is 5.60. The molecule has 1 N–H and O–H groups in total. The first kappa shape index (κ1) is 14.6. The van der Waals surface area contributed by atoms with E-state index in [-0.39, 0.29) is 2.85 Å². The van der Waals surface area contributed by atoms with Crippen molar-refractivity contribution < 1.29 is 7.38 Å². The number of hydrogen-bond acceptors (Lipinski definition) is 5. The quantitative estimate of drug-likeness (QED) is 0.780. The van der Waals surface area contributed by atoms with Gasteiger partial charge in [0.2, 0.25) is 5.95 Å². The number of benzene rings is 1. The van der Waals surface area contributed by atoms with E-state index < -0.39 is 0 Å². The van der Waals surface area contributed by atoms with Crippen molar-refractivity contribution >= 4 is 11.5 Å². The van der Waals surface area contributed by atoms with Gasteiger partial charge in [-0.1, -0.05) is 29.4 Å². The average Bonchev–Trinajstić information content (AvgIpc) is 3.17. The zero-order valence-corrected chi connectivity index (χ0v) is 13.9. The Kier molecular flexibility index (Phi) is 3.41. The Bertz CT molecular complexity index is 946. The molecule has 0 spiro atoms. The van der Waals surface area contributed by atoms with E-state index in [4.69, 9.17) is 4.52 Å². The molecule has 0 saturated carbocycles. The van der Waals surface area contributed by atoms with Crippen molar-refractivity contribution in [1.82, 2.24) is 15.1 Å². The molecule has 5 heteroatoms. The molecule has 1 aromatic carbocycles. The summed E-state index contributed by atoms with van der Waals surface area (Å²) in [5, 5.41) is 7.05. The average molecular weight is 322 g/mol. The van der Waals surface area contributed by atoms with Crippen LogP contribution in [-0.2, 0) is 6.42 Å². The fourth-order valence-corrected chi connectivity index (χ4v) is 3.24. The third-order valence-electron chi connectivity index (χ3n) is 4.38. The maximum atomic E-state index is 5.31. The summed E-state index contributed by atoms with van der Waals surface area (Å²) < 4.78 is 5.31. The highest BCUT2D eigenvalue weighted by atomic mass is 16.5. The normalized spacial score (nSPS) is 12.9. The van der Waals surface area contributed by atoms with E-state index in [0.717, 1.165) is 45.8 Å². The highest BCUT2D eigenvalue weighted by molar-refractivity contribution is 5.85. The Morgan fingerprint density at radius 2 is 2.04 bits per heavy atom. The number of allylic oxidation sites excluding steroid dienone is 1. The van der Waals surface area contributed by atoms with Crippen molar-refractivity contribution in [2.24, 2.45) is 0 Å². The summed E-state index contributed by atoms with van der Waals surface area (Å²) in [5.74, 6) is 1.50. The third kappa shape index (κ3) is 2.29. The van der Waals surface area contributed by atoms with Crippen molar-refractivity contribution in [2.75, 3.05) is 12.4 Å². The monoisotopic (exact) mass is 322 g/mol. The summed E-state index contributed by atoms with van der Waals surface area (Å²) in [6.45, 7) is 3.91. The number of aryl methyl sites for hydroxylation is 2. The number of aromatic nitrogens is 3. The van der Waals surface area contributed by atoms with Gasteiger partial charge in [-0.05, 0) is 36.6 Å². The number of nitrogens with zero attached hydrogens (tertiary/aromatic N) is 3. The standard InChI is InChI=1S/C19H18N4O.2H2/c1-11-18(12(2)24-23-11)14-6-4-5-13(9-14)15-7-8-17-16(15)10-21-19(20-3)22-17;;/h4-7,9-10H,8H2,1-3H3,(H,20,21,22);2*1H. The Morgan fingerprint density at radius 1 is 1.21 bits per heavy atom. The zero-order chi connectivity index (χ0) is 16.7. The van der Waals surface area contributed by atoms with Gasteiger partial charge in [0, 0.05) is 33.6 Å². The van der Waals surface area contributed by atoms with Crippen molar-refractivity contribution in [3.8, 4) is 11.1 Å². The van der Waals surface area contributed by atoms with Gasteiger partial charge in [0.25, 0.3) is 0 Å². The molecule has 0 atom stereocenters. The van der Waals surface area contributed by atoms with Crippen LogP contribution in [0.5, 0.6) is 0 Å². The minimum absolute atomic E-state index is 0. The molecule has 0 aliphatic heterocycles. The van der Waals surface area contributed by atoms with Crippen LogP contribution in [0.3, 0.4) is 0 Å². The number of nitrogens with one attached hydrogen (secondary N) is 1. The minimum atomic E-state index is 0. The Morgan fingerprint density at radius 3 is 2.79 bits per heavy atom. The van der Waals surface area contributed by atoms with Gasteiger partial charge in [-0.25, -0.2) is 9.97 Å².